The van der Waals surface area contributed by atoms with Crippen molar-refractivity contribution in [2.24, 2.45) is 0 Å². The lowest BCUT2D eigenvalue weighted by Crippen LogP contribution is -2.38. The first-order chi connectivity index (χ1) is 14.4. The Labute approximate surface area is 186 Å². The van der Waals surface area contributed by atoms with E-state index in [2.05, 4.69) is 6.92 Å². The number of hydrogen-bond donors (Lipinski definition) is 0. The molecule has 0 heterocycles. The SMILES string of the molecule is CCCCCCCCCN(C(=O)c1cccc(Cl)c1F)C(=O)c1cccc(Cl)c1F. The molecular weight excluding hydrogens is 431 g/mol. The molecule has 2 aromatic rings. The Morgan fingerprint density at radius 2 is 1.20 bits per heavy atom. The number of amides is 2. The second-order valence-electron chi connectivity index (χ2n) is 7.09. The van der Waals surface area contributed by atoms with Gasteiger partial charge in [0.1, 0.15) is 0 Å². The third-order valence-corrected chi connectivity index (χ3v) is 5.42. The zero-order valence-electron chi connectivity index (χ0n) is 16.9. The van der Waals surface area contributed by atoms with E-state index in [9.17, 15) is 18.4 Å². The van der Waals surface area contributed by atoms with Crippen LogP contribution in [0.5, 0.6) is 0 Å². The van der Waals surface area contributed by atoms with Gasteiger partial charge in [0.05, 0.1) is 21.2 Å². The zero-order chi connectivity index (χ0) is 22.1. The summed E-state index contributed by atoms with van der Waals surface area (Å²) >= 11 is 11.6. The van der Waals surface area contributed by atoms with Gasteiger partial charge in [-0.3, -0.25) is 14.5 Å². The summed E-state index contributed by atoms with van der Waals surface area (Å²) in [6.45, 7) is 2.18. The fourth-order valence-corrected chi connectivity index (χ4v) is 3.50. The summed E-state index contributed by atoms with van der Waals surface area (Å²) in [4.78, 5) is 26.8. The topological polar surface area (TPSA) is 37.4 Å². The van der Waals surface area contributed by atoms with Crippen molar-refractivity contribution >= 4 is 35.0 Å². The summed E-state index contributed by atoms with van der Waals surface area (Å²) < 4.78 is 28.8. The van der Waals surface area contributed by atoms with Gasteiger partial charge < -0.3 is 0 Å². The van der Waals surface area contributed by atoms with Crippen LogP contribution >= 0.6 is 23.2 Å². The molecule has 2 aromatic carbocycles. The molecule has 30 heavy (non-hydrogen) atoms. The fraction of sp³-hybridized carbons (Fsp3) is 0.391. The van der Waals surface area contributed by atoms with Crippen molar-refractivity contribution in [3.05, 3.63) is 69.2 Å². The van der Waals surface area contributed by atoms with E-state index >= 15 is 0 Å². The van der Waals surface area contributed by atoms with Crippen molar-refractivity contribution in [2.45, 2.75) is 51.9 Å². The molecule has 0 bridgehead atoms. The van der Waals surface area contributed by atoms with E-state index in [1.54, 1.807) is 0 Å². The van der Waals surface area contributed by atoms with Crippen LogP contribution in [-0.4, -0.2) is 23.3 Å². The Hall–Kier alpha value is -1.98. The van der Waals surface area contributed by atoms with Crippen molar-refractivity contribution < 1.29 is 18.4 Å². The molecule has 0 N–H and O–H groups in total. The molecule has 0 aromatic heterocycles. The van der Waals surface area contributed by atoms with E-state index < -0.39 is 23.4 Å². The number of rotatable bonds is 10. The van der Waals surface area contributed by atoms with E-state index in [0.29, 0.717) is 6.42 Å². The van der Waals surface area contributed by atoms with Gasteiger partial charge in [0, 0.05) is 6.54 Å². The molecule has 0 aliphatic carbocycles. The van der Waals surface area contributed by atoms with E-state index in [0.717, 1.165) is 37.0 Å². The molecule has 0 radical (unpaired) electrons. The number of nitrogens with zero attached hydrogens (tertiary/aromatic N) is 1. The van der Waals surface area contributed by atoms with Crippen LogP contribution in [-0.2, 0) is 0 Å². The van der Waals surface area contributed by atoms with E-state index in [4.69, 9.17) is 23.2 Å². The molecule has 0 unspecified atom stereocenters. The molecule has 0 spiro atoms. The van der Waals surface area contributed by atoms with Gasteiger partial charge in [-0.1, -0.05) is 80.8 Å². The van der Waals surface area contributed by atoms with Gasteiger partial charge in [0.25, 0.3) is 11.8 Å². The summed E-state index contributed by atoms with van der Waals surface area (Å²) in [6.07, 6.45) is 6.83. The molecule has 162 valence electrons. The van der Waals surface area contributed by atoms with Crippen molar-refractivity contribution in [2.75, 3.05) is 6.54 Å². The zero-order valence-corrected chi connectivity index (χ0v) is 18.4. The minimum Gasteiger partial charge on any atom is -0.274 e. The first kappa shape index (κ1) is 24.3. The Bertz CT molecular complexity index is 826. The lowest BCUT2D eigenvalue weighted by atomic mass is 10.1. The number of hydrogen-bond acceptors (Lipinski definition) is 2. The molecular formula is C23H25Cl2F2NO2. The highest BCUT2D eigenvalue weighted by atomic mass is 35.5. The molecule has 0 aliphatic rings. The molecule has 2 amide bonds. The van der Waals surface area contributed by atoms with Crippen LogP contribution in [0, 0.1) is 11.6 Å². The maximum Gasteiger partial charge on any atom is 0.263 e. The minimum absolute atomic E-state index is 0.0450. The van der Waals surface area contributed by atoms with Gasteiger partial charge in [-0.05, 0) is 30.7 Å². The van der Waals surface area contributed by atoms with Crippen molar-refractivity contribution in [3.8, 4) is 0 Å². The second kappa shape index (κ2) is 12.0. The van der Waals surface area contributed by atoms with Crippen LogP contribution in [0.3, 0.4) is 0 Å². The molecule has 3 nitrogen and oxygen atoms in total. The summed E-state index contributed by atoms with van der Waals surface area (Å²) in [5.74, 6) is -3.53. The van der Waals surface area contributed by atoms with Gasteiger partial charge in [-0.15, -0.1) is 0 Å². The Kier molecular flexibility index (Phi) is 9.73. The van der Waals surface area contributed by atoms with Crippen LogP contribution in [0.4, 0.5) is 8.78 Å². The molecule has 0 aliphatic heterocycles. The fourth-order valence-electron chi connectivity index (χ4n) is 3.15. The van der Waals surface area contributed by atoms with Crippen molar-refractivity contribution in [3.63, 3.8) is 0 Å². The molecule has 0 atom stereocenters. The van der Waals surface area contributed by atoms with E-state index in [1.165, 1.54) is 42.8 Å². The Balaban J connectivity index is 2.21. The lowest BCUT2D eigenvalue weighted by molar-refractivity contribution is 0.0608. The van der Waals surface area contributed by atoms with Crippen molar-refractivity contribution in [1.82, 2.24) is 4.90 Å². The summed E-state index contributed by atoms with van der Waals surface area (Å²) in [5, 5.41) is -0.448. The maximum atomic E-state index is 14.4. The highest BCUT2D eigenvalue weighted by molar-refractivity contribution is 6.31. The maximum absolute atomic E-state index is 14.4. The highest BCUT2D eigenvalue weighted by Gasteiger charge is 2.28. The summed E-state index contributed by atoms with van der Waals surface area (Å²) in [6, 6.07) is 7.98. The lowest BCUT2D eigenvalue weighted by Gasteiger charge is -2.22. The van der Waals surface area contributed by atoms with E-state index in [-0.39, 0.29) is 27.7 Å². The Morgan fingerprint density at radius 1 is 0.767 bits per heavy atom. The monoisotopic (exact) mass is 455 g/mol. The smallest absolute Gasteiger partial charge is 0.263 e. The normalized spacial score (nSPS) is 10.8. The average molecular weight is 456 g/mol. The van der Waals surface area contributed by atoms with Crippen LogP contribution in [0.25, 0.3) is 0 Å². The third-order valence-electron chi connectivity index (χ3n) is 4.84. The molecule has 0 fully saturated rings. The van der Waals surface area contributed by atoms with Crippen LogP contribution in [0.2, 0.25) is 10.0 Å². The molecule has 0 saturated carbocycles. The van der Waals surface area contributed by atoms with E-state index in [1.807, 2.05) is 0 Å². The van der Waals surface area contributed by atoms with Gasteiger partial charge in [0.2, 0.25) is 0 Å². The van der Waals surface area contributed by atoms with Gasteiger partial charge >= 0.3 is 0 Å². The van der Waals surface area contributed by atoms with Gasteiger partial charge in [-0.25, -0.2) is 8.78 Å². The molecule has 0 saturated heterocycles. The second-order valence-corrected chi connectivity index (χ2v) is 7.90. The number of imide groups is 1. The quantitative estimate of drug-likeness (QED) is 0.278. The number of carbonyl (C=O) groups excluding carboxylic acids is 2. The number of halogens is 4. The first-order valence-electron chi connectivity index (χ1n) is 10.1. The number of benzene rings is 2. The highest BCUT2D eigenvalue weighted by Crippen LogP contribution is 2.23. The van der Waals surface area contributed by atoms with Gasteiger partial charge in [-0.2, -0.15) is 0 Å². The van der Waals surface area contributed by atoms with Crippen LogP contribution in [0.1, 0.15) is 72.6 Å². The molecule has 7 heteroatoms. The average Bonchev–Trinajstić information content (AvgIpc) is 2.73. The predicted molar refractivity (Wildman–Crippen MR) is 116 cm³/mol. The third kappa shape index (κ3) is 6.26. The number of carbonyl (C=O) groups is 2. The van der Waals surface area contributed by atoms with Crippen LogP contribution < -0.4 is 0 Å². The Morgan fingerprint density at radius 3 is 1.67 bits per heavy atom. The first-order valence-corrected chi connectivity index (χ1v) is 10.9. The van der Waals surface area contributed by atoms with Gasteiger partial charge in [0.15, 0.2) is 11.6 Å². The minimum atomic E-state index is -0.909. The summed E-state index contributed by atoms with van der Waals surface area (Å²) in [5.41, 5.74) is -0.664. The number of unbranched alkanes of at least 4 members (excludes halogenated alkanes) is 6. The molecule has 2 rings (SSSR count). The predicted octanol–water partition coefficient (Wildman–Crippen LogP) is 7.30. The largest absolute Gasteiger partial charge is 0.274 e. The standard InChI is InChI=1S/C23H25Cl2F2NO2/c1-2-3-4-5-6-7-8-15-28(22(29)16-11-9-13-18(24)20(16)26)23(30)17-12-10-14-19(25)21(17)27/h9-14H,2-8,15H2,1H3. The summed E-state index contributed by atoms with van der Waals surface area (Å²) in [7, 11) is 0. The van der Waals surface area contributed by atoms with Crippen molar-refractivity contribution in [1.29, 1.82) is 0 Å². The van der Waals surface area contributed by atoms with Crippen LogP contribution in [0.15, 0.2) is 36.4 Å².